The Morgan fingerprint density at radius 2 is 2.00 bits per heavy atom. The predicted molar refractivity (Wildman–Crippen MR) is 69.4 cm³/mol. The van der Waals surface area contributed by atoms with Gasteiger partial charge < -0.3 is 4.84 Å². The van der Waals surface area contributed by atoms with Gasteiger partial charge in [-0.1, -0.05) is 29.8 Å². The number of rotatable bonds is 3. The van der Waals surface area contributed by atoms with Crippen LogP contribution >= 0.6 is 11.6 Å². The third kappa shape index (κ3) is 2.53. The summed E-state index contributed by atoms with van der Waals surface area (Å²) in [5, 5.41) is 10.7. The highest BCUT2D eigenvalue weighted by molar-refractivity contribution is 6.30. The van der Waals surface area contributed by atoms with Gasteiger partial charge in [0.25, 0.3) is 0 Å². The Balaban J connectivity index is 2.27. The molecule has 18 heavy (non-hydrogen) atoms. The fourth-order valence-electron chi connectivity index (χ4n) is 1.48. The monoisotopic (exact) mass is 259 g/mol. The van der Waals surface area contributed by atoms with Gasteiger partial charge in [0.15, 0.2) is 5.75 Å². The molecule has 0 aliphatic heterocycles. The first-order valence-corrected chi connectivity index (χ1v) is 5.61. The molecule has 1 aromatic carbocycles. The second-order valence-corrected chi connectivity index (χ2v) is 3.87. The smallest absolute Gasteiger partial charge is 0.155 e. The minimum absolute atomic E-state index is 0.165. The van der Waals surface area contributed by atoms with Crippen molar-refractivity contribution in [3.63, 3.8) is 0 Å². The predicted octanol–water partition coefficient (Wildman–Crippen LogP) is 3.04. The first-order valence-electron chi connectivity index (χ1n) is 5.23. The van der Waals surface area contributed by atoms with Gasteiger partial charge >= 0.3 is 0 Å². The summed E-state index contributed by atoms with van der Waals surface area (Å²) in [5.41, 5.74) is 0.860. The molecule has 0 fully saturated rings. The summed E-state index contributed by atoms with van der Waals surface area (Å²) in [6.45, 7) is 0. The summed E-state index contributed by atoms with van der Waals surface area (Å²) in [4.78, 5) is 9.45. The van der Waals surface area contributed by atoms with Crippen molar-refractivity contribution in [3.05, 3.63) is 53.3 Å². The largest absolute Gasteiger partial charge is 0.380 e. The van der Waals surface area contributed by atoms with Gasteiger partial charge in [-0.05, 0) is 18.2 Å². The fourth-order valence-corrected chi connectivity index (χ4v) is 1.68. The van der Waals surface area contributed by atoms with E-state index < -0.39 is 0 Å². The van der Waals surface area contributed by atoms with Gasteiger partial charge in [0, 0.05) is 13.2 Å². The summed E-state index contributed by atoms with van der Waals surface area (Å²) in [6.07, 6.45) is 1.53. The summed E-state index contributed by atoms with van der Waals surface area (Å²) < 4.78 is 0. The van der Waals surface area contributed by atoms with E-state index in [1.54, 1.807) is 13.1 Å². The van der Waals surface area contributed by atoms with Gasteiger partial charge in [-0.25, -0.2) is 10.0 Å². The van der Waals surface area contributed by atoms with Crippen molar-refractivity contribution in [1.29, 1.82) is 5.26 Å². The lowest BCUT2D eigenvalue weighted by Crippen LogP contribution is -2.22. The van der Waals surface area contributed by atoms with E-state index in [4.69, 9.17) is 21.7 Å². The number of halogens is 1. The SMILES string of the molecule is CN(Oc1ccccc1)c1ccnc(Cl)c1C#N. The number of benzene rings is 1. The lowest BCUT2D eigenvalue weighted by Gasteiger charge is -2.20. The molecule has 0 N–H and O–H groups in total. The van der Waals surface area contributed by atoms with E-state index in [2.05, 4.69) is 4.98 Å². The fraction of sp³-hybridized carbons (Fsp3) is 0.0769. The van der Waals surface area contributed by atoms with Crippen LogP contribution < -0.4 is 9.90 Å². The van der Waals surface area contributed by atoms with Crippen LogP contribution in [0.5, 0.6) is 5.75 Å². The molecule has 0 saturated heterocycles. The molecule has 0 unspecified atom stereocenters. The minimum atomic E-state index is 0.165. The Morgan fingerprint density at radius 1 is 1.28 bits per heavy atom. The molecule has 0 bridgehead atoms. The normalized spacial score (nSPS) is 9.61. The van der Waals surface area contributed by atoms with Crippen molar-refractivity contribution in [3.8, 4) is 11.8 Å². The van der Waals surface area contributed by atoms with Crippen LogP contribution in [0.25, 0.3) is 0 Å². The van der Waals surface area contributed by atoms with Gasteiger partial charge in [0.1, 0.15) is 16.8 Å². The number of anilines is 1. The van der Waals surface area contributed by atoms with Gasteiger partial charge in [0.05, 0.1) is 5.69 Å². The number of pyridine rings is 1. The average molecular weight is 260 g/mol. The van der Waals surface area contributed by atoms with Crippen molar-refractivity contribution in [2.24, 2.45) is 0 Å². The van der Waals surface area contributed by atoms with Crippen LogP contribution in [0.3, 0.4) is 0 Å². The van der Waals surface area contributed by atoms with Crippen LogP contribution in [0, 0.1) is 11.3 Å². The standard InChI is InChI=1S/C13H10ClN3O/c1-17(18-10-5-3-2-4-6-10)12-7-8-16-13(14)11(12)9-15/h2-8H,1H3. The van der Waals surface area contributed by atoms with Gasteiger partial charge in [-0.2, -0.15) is 5.26 Å². The first kappa shape index (κ1) is 12.2. The molecule has 0 radical (unpaired) electrons. The molecule has 0 amide bonds. The molecular weight excluding hydrogens is 250 g/mol. The summed E-state index contributed by atoms with van der Waals surface area (Å²) in [6, 6.07) is 13.0. The van der Waals surface area contributed by atoms with E-state index >= 15 is 0 Å². The lowest BCUT2D eigenvalue weighted by molar-refractivity contribution is 0.303. The third-order valence-electron chi connectivity index (χ3n) is 2.32. The van der Waals surface area contributed by atoms with E-state index in [-0.39, 0.29) is 10.7 Å². The van der Waals surface area contributed by atoms with E-state index in [9.17, 15) is 0 Å². The number of para-hydroxylation sites is 1. The first-order chi connectivity index (χ1) is 8.72. The van der Waals surface area contributed by atoms with Crippen LogP contribution in [0.1, 0.15) is 5.56 Å². The van der Waals surface area contributed by atoms with Crippen molar-refractivity contribution in [2.75, 3.05) is 12.1 Å². The highest BCUT2D eigenvalue weighted by atomic mass is 35.5. The molecule has 5 heteroatoms. The number of aromatic nitrogens is 1. The Hall–Kier alpha value is -2.25. The summed E-state index contributed by atoms with van der Waals surface area (Å²) >= 11 is 5.86. The molecule has 1 aromatic heterocycles. The number of hydrogen-bond donors (Lipinski definition) is 0. The summed E-state index contributed by atoms with van der Waals surface area (Å²) in [5.74, 6) is 0.678. The Morgan fingerprint density at radius 3 is 2.67 bits per heavy atom. The average Bonchev–Trinajstić information content (AvgIpc) is 2.39. The molecule has 0 spiro atoms. The zero-order valence-electron chi connectivity index (χ0n) is 9.67. The summed E-state index contributed by atoms with van der Waals surface area (Å²) in [7, 11) is 1.71. The van der Waals surface area contributed by atoms with Crippen LogP contribution in [0.4, 0.5) is 5.69 Å². The molecular formula is C13H10ClN3O. The van der Waals surface area contributed by atoms with Gasteiger partial charge in [0.2, 0.25) is 0 Å². The van der Waals surface area contributed by atoms with Crippen LogP contribution in [-0.2, 0) is 0 Å². The third-order valence-corrected chi connectivity index (χ3v) is 2.61. The second-order valence-electron chi connectivity index (χ2n) is 3.51. The topological polar surface area (TPSA) is 49.1 Å². The Bertz CT molecular complexity index is 581. The van der Waals surface area contributed by atoms with E-state index in [0.717, 1.165) is 0 Å². The molecule has 1 heterocycles. The number of hydroxylamine groups is 1. The van der Waals surface area contributed by atoms with Crippen molar-refractivity contribution < 1.29 is 4.84 Å². The number of nitriles is 1. The zero-order chi connectivity index (χ0) is 13.0. The molecule has 0 aliphatic rings. The maximum Gasteiger partial charge on any atom is 0.155 e. The van der Waals surface area contributed by atoms with Gasteiger partial charge in [-0.15, -0.1) is 0 Å². The number of nitrogens with zero attached hydrogens (tertiary/aromatic N) is 3. The van der Waals surface area contributed by atoms with E-state index in [1.165, 1.54) is 11.3 Å². The lowest BCUT2D eigenvalue weighted by atomic mass is 10.2. The van der Waals surface area contributed by atoms with E-state index in [0.29, 0.717) is 11.4 Å². The van der Waals surface area contributed by atoms with Crippen molar-refractivity contribution in [1.82, 2.24) is 4.98 Å². The quantitative estimate of drug-likeness (QED) is 0.628. The van der Waals surface area contributed by atoms with Crippen molar-refractivity contribution >= 4 is 17.3 Å². The highest BCUT2D eigenvalue weighted by Gasteiger charge is 2.12. The maximum absolute atomic E-state index is 9.06. The number of hydrogen-bond acceptors (Lipinski definition) is 4. The van der Waals surface area contributed by atoms with Gasteiger partial charge in [-0.3, -0.25) is 0 Å². The molecule has 2 rings (SSSR count). The van der Waals surface area contributed by atoms with Crippen LogP contribution in [-0.4, -0.2) is 12.0 Å². The second kappa shape index (κ2) is 5.39. The van der Waals surface area contributed by atoms with Crippen LogP contribution in [0.15, 0.2) is 42.6 Å². The Kier molecular flexibility index (Phi) is 3.66. The Labute approximate surface area is 110 Å². The highest BCUT2D eigenvalue weighted by Crippen LogP contribution is 2.25. The molecule has 4 nitrogen and oxygen atoms in total. The molecule has 0 atom stereocenters. The molecule has 90 valence electrons. The minimum Gasteiger partial charge on any atom is -0.380 e. The molecule has 2 aromatic rings. The maximum atomic E-state index is 9.06. The molecule has 0 saturated carbocycles. The zero-order valence-corrected chi connectivity index (χ0v) is 10.4. The van der Waals surface area contributed by atoms with Crippen molar-refractivity contribution in [2.45, 2.75) is 0 Å². The van der Waals surface area contributed by atoms with Crippen LogP contribution in [0.2, 0.25) is 5.15 Å². The van der Waals surface area contributed by atoms with E-state index in [1.807, 2.05) is 36.4 Å². The molecule has 0 aliphatic carbocycles.